The summed E-state index contributed by atoms with van der Waals surface area (Å²) in [5.41, 5.74) is 0. The van der Waals surface area contributed by atoms with Crippen molar-refractivity contribution in [1.82, 2.24) is 0 Å². The summed E-state index contributed by atoms with van der Waals surface area (Å²) in [5, 5.41) is 5.67. The normalized spacial score (nSPS) is 16.1. The van der Waals surface area contributed by atoms with Gasteiger partial charge in [0.2, 0.25) is 0 Å². The molecule has 0 saturated heterocycles. The van der Waals surface area contributed by atoms with E-state index < -0.39 is 7.82 Å². The number of hydrogen-bond donors (Lipinski definition) is 3. The minimum Gasteiger partial charge on any atom is -0.822 e. The summed E-state index contributed by atoms with van der Waals surface area (Å²) in [6, 6.07) is 0. The number of aliphatic imine (C=N–C) groups is 3. The second-order valence-electron chi connectivity index (χ2n) is 2.94. The molecule has 0 unspecified atom stereocenters. The monoisotopic (exact) mass is 302 g/mol. The minimum atomic E-state index is -5.39. The van der Waals surface area contributed by atoms with Crippen LogP contribution in [0.4, 0.5) is 0 Å². The van der Waals surface area contributed by atoms with Crippen LogP contribution in [0, 0.1) is 0 Å². The second-order valence-corrected chi connectivity index (χ2v) is 3.84. The van der Waals surface area contributed by atoms with Crippen molar-refractivity contribution in [2.24, 2.45) is 15.0 Å². The van der Waals surface area contributed by atoms with Gasteiger partial charge in [0.05, 0.1) is 18.6 Å². The Morgan fingerprint density at radius 3 is 1.00 bits per heavy atom. The van der Waals surface area contributed by atoms with Gasteiger partial charge in [-0.05, 0) is 0 Å². The molecule has 0 saturated carbocycles. The number of nitrogens with two attached hydrogens (primary N) is 3. The van der Waals surface area contributed by atoms with Gasteiger partial charge in [-0.1, -0.05) is 0 Å². The highest BCUT2D eigenvalue weighted by molar-refractivity contribution is 7.40. The molecule has 11 heteroatoms. The van der Waals surface area contributed by atoms with Crippen molar-refractivity contribution in [2.75, 3.05) is 0 Å². The molecule has 0 amide bonds. The molecule has 0 aromatic heterocycles. The Morgan fingerprint density at radius 2 is 0.950 bits per heavy atom. The number of quaternary nitrogens is 3. The first-order valence-corrected chi connectivity index (χ1v) is 6.74. The summed E-state index contributed by atoms with van der Waals surface area (Å²) in [5.74, 6) is 0. The van der Waals surface area contributed by atoms with E-state index in [-0.39, 0.29) is 0 Å². The molecule has 3 heterocycles. The van der Waals surface area contributed by atoms with E-state index in [0.29, 0.717) is 0 Å². The van der Waals surface area contributed by atoms with Crippen LogP contribution in [0.3, 0.4) is 0 Å². The van der Waals surface area contributed by atoms with Crippen LogP contribution in [0.1, 0.15) is 0 Å². The standard InChI is InChI=1S/3C3H4N2.H3O4P/c3*1-2-5-3-4-1;1-5(2,3)4/h3*1-3H,(H,4,5);(H3,1,2,3,4). The molecule has 0 bridgehead atoms. The van der Waals surface area contributed by atoms with Gasteiger partial charge in [0.1, 0.15) is 18.6 Å². The van der Waals surface area contributed by atoms with Gasteiger partial charge >= 0.3 is 0 Å². The first-order valence-electron chi connectivity index (χ1n) is 5.28. The molecule has 110 valence electrons. The fourth-order valence-corrected chi connectivity index (χ4v) is 0.745. The lowest BCUT2D eigenvalue weighted by atomic mass is 11.0. The van der Waals surface area contributed by atoms with E-state index in [9.17, 15) is 0 Å². The van der Waals surface area contributed by atoms with Crippen molar-refractivity contribution in [3.05, 3.63) is 37.2 Å². The first-order chi connectivity index (χ1) is 9.50. The van der Waals surface area contributed by atoms with Crippen molar-refractivity contribution in [3.63, 3.8) is 0 Å². The molecule has 3 aliphatic heterocycles. The molecule has 0 atom stereocenters. The Morgan fingerprint density at radius 1 is 0.700 bits per heavy atom. The molecule has 0 aromatic rings. The Kier molecular flexibility index (Phi) is 11.2. The predicted molar refractivity (Wildman–Crippen MR) is 66.3 cm³/mol. The summed E-state index contributed by atoms with van der Waals surface area (Å²) in [6.07, 6.45) is 16.2. The fourth-order valence-electron chi connectivity index (χ4n) is 0.745. The van der Waals surface area contributed by atoms with Crippen LogP contribution in [0.2, 0.25) is 0 Å². The first kappa shape index (κ1) is 18.2. The van der Waals surface area contributed by atoms with Gasteiger partial charge in [-0.3, -0.25) is 16.0 Å². The highest BCUT2D eigenvalue weighted by Crippen LogP contribution is 2.03. The molecule has 10 nitrogen and oxygen atoms in total. The van der Waals surface area contributed by atoms with Crippen molar-refractivity contribution in [3.8, 4) is 0 Å². The summed E-state index contributed by atoms with van der Waals surface area (Å²) in [6.45, 7) is 0. The predicted octanol–water partition coefficient (Wildman–Crippen LogP) is -5.64. The summed E-state index contributed by atoms with van der Waals surface area (Å²) in [4.78, 5) is 36.8. The maximum absolute atomic E-state index is 8.55. The Labute approximate surface area is 115 Å². The molecule has 3 aliphatic rings. The van der Waals surface area contributed by atoms with Crippen LogP contribution < -0.4 is 30.6 Å². The summed E-state index contributed by atoms with van der Waals surface area (Å²) in [7, 11) is -5.39. The maximum Gasteiger partial charge on any atom is 0.191 e. The van der Waals surface area contributed by atoms with Gasteiger partial charge in [-0.25, -0.2) is 15.0 Å². The van der Waals surface area contributed by atoms with E-state index in [4.69, 9.17) is 19.2 Å². The number of rotatable bonds is 0. The topological polar surface area (TPSA) is 173 Å². The van der Waals surface area contributed by atoms with Crippen LogP contribution >= 0.6 is 7.82 Å². The average molecular weight is 302 g/mol. The molecule has 0 aromatic carbocycles. The molecule has 3 rings (SSSR count). The SMILES string of the molecule is C1=C[NH2+]C=N1.C1=C[NH2+]C=N1.C1=C[NH2+]C=N1.O=P([O-])([O-])[O-]. The average Bonchev–Trinajstić information content (AvgIpc) is 3.17. The minimum absolute atomic E-state index is 1.75. The van der Waals surface area contributed by atoms with Crippen molar-refractivity contribution in [1.29, 1.82) is 0 Å². The molecule has 6 N–H and O–H groups in total. The number of hydrogen-bond acceptors (Lipinski definition) is 7. The Bertz CT molecular complexity index is 374. The third-order valence-corrected chi connectivity index (χ3v) is 1.37. The lowest BCUT2D eigenvalue weighted by Crippen LogP contribution is -2.74. The van der Waals surface area contributed by atoms with Gasteiger partial charge in [-0.15, -0.1) is 0 Å². The quantitative estimate of drug-likeness (QED) is 0.378. The zero-order chi connectivity index (χ0) is 15.1. The molecule has 0 radical (unpaired) electrons. The van der Waals surface area contributed by atoms with Crippen molar-refractivity contribution >= 4 is 26.8 Å². The van der Waals surface area contributed by atoms with Gasteiger partial charge in [0.25, 0.3) is 0 Å². The Hall–Kier alpha value is -1.78. The smallest absolute Gasteiger partial charge is 0.191 e. The van der Waals surface area contributed by atoms with Crippen LogP contribution in [0.15, 0.2) is 52.2 Å². The third kappa shape index (κ3) is 21.5. The van der Waals surface area contributed by atoms with Crippen LogP contribution in [0.5, 0.6) is 0 Å². The number of phosphoric acid groups is 1. The van der Waals surface area contributed by atoms with E-state index in [0.717, 1.165) is 0 Å². The summed E-state index contributed by atoms with van der Waals surface area (Å²) < 4.78 is 8.55. The van der Waals surface area contributed by atoms with E-state index in [1.807, 2.05) is 34.6 Å². The molecular weight excluding hydrogens is 287 g/mol. The van der Waals surface area contributed by atoms with E-state index in [1.54, 1.807) is 37.6 Å². The molecule has 0 spiro atoms. The molecule has 0 fully saturated rings. The van der Waals surface area contributed by atoms with Gasteiger partial charge < -0.3 is 19.2 Å². The van der Waals surface area contributed by atoms with Gasteiger partial charge in [0.15, 0.2) is 19.0 Å². The lowest BCUT2D eigenvalue weighted by molar-refractivity contribution is -0.447. The van der Waals surface area contributed by atoms with E-state index >= 15 is 0 Å². The lowest BCUT2D eigenvalue weighted by Gasteiger charge is -2.36. The van der Waals surface area contributed by atoms with Crippen molar-refractivity contribution < 1.29 is 35.2 Å². The third-order valence-electron chi connectivity index (χ3n) is 1.37. The van der Waals surface area contributed by atoms with Crippen LogP contribution in [0.25, 0.3) is 0 Å². The maximum atomic E-state index is 8.55. The van der Waals surface area contributed by atoms with Gasteiger partial charge in [-0.2, -0.15) is 7.82 Å². The van der Waals surface area contributed by atoms with E-state index in [1.165, 1.54) is 0 Å². The van der Waals surface area contributed by atoms with Crippen LogP contribution in [-0.4, -0.2) is 19.0 Å². The van der Waals surface area contributed by atoms with Crippen molar-refractivity contribution in [2.45, 2.75) is 0 Å². The molecule has 20 heavy (non-hydrogen) atoms. The summed E-state index contributed by atoms with van der Waals surface area (Å²) >= 11 is 0. The van der Waals surface area contributed by atoms with Crippen LogP contribution in [-0.2, 0) is 4.57 Å². The second kappa shape index (κ2) is 12.3. The Balaban J connectivity index is 0.000000241. The molecule has 0 aliphatic carbocycles. The molecular formula is C9H15N6O4P. The zero-order valence-electron chi connectivity index (χ0n) is 10.4. The zero-order valence-corrected chi connectivity index (χ0v) is 11.2. The number of nitrogens with zero attached hydrogens (tertiary/aromatic N) is 3. The highest BCUT2D eigenvalue weighted by atomic mass is 31.2. The largest absolute Gasteiger partial charge is 0.822 e. The van der Waals surface area contributed by atoms with E-state index in [2.05, 4.69) is 15.0 Å². The highest BCUT2D eigenvalue weighted by Gasteiger charge is 1.77. The fraction of sp³-hybridized carbons (Fsp3) is 0. The van der Waals surface area contributed by atoms with Gasteiger partial charge in [0, 0.05) is 0 Å².